The Morgan fingerprint density at radius 3 is 2.77 bits per heavy atom. The number of alkyl halides is 1. The van der Waals surface area contributed by atoms with E-state index < -0.39 is 18.6 Å². The highest BCUT2D eigenvalue weighted by Gasteiger charge is 2.29. The largest absolute Gasteiger partial charge is 0.462 e. The average molecular weight is 307 g/mol. The van der Waals surface area contributed by atoms with Crippen molar-refractivity contribution in [1.29, 1.82) is 5.26 Å². The van der Waals surface area contributed by atoms with Crippen molar-refractivity contribution in [2.75, 3.05) is 19.7 Å². The van der Waals surface area contributed by atoms with E-state index >= 15 is 0 Å². The maximum atomic E-state index is 13.1. The molecule has 0 bridgehead atoms. The molecule has 0 amide bonds. The van der Waals surface area contributed by atoms with Crippen molar-refractivity contribution < 1.29 is 23.5 Å². The van der Waals surface area contributed by atoms with Crippen molar-refractivity contribution in [1.82, 2.24) is 10.3 Å². The number of pyridine rings is 1. The SMILES string of the molecule is CCOC(=O)c1cc(C#N)c(OC(=O)C2CNC2)nc1CF. The minimum atomic E-state index is -1.05. The number of nitrogens with zero attached hydrogens (tertiary/aromatic N) is 2. The summed E-state index contributed by atoms with van der Waals surface area (Å²) in [5.41, 5.74) is -0.501. The van der Waals surface area contributed by atoms with Crippen LogP contribution < -0.4 is 10.1 Å². The highest BCUT2D eigenvalue weighted by atomic mass is 19.1. The van der Waals surface area contributed by atoms with E-state index in [4.69, 9.17) is 14.7 Å². The fourth-order valence-corrected chi connectivity index (χ4v) is 1.81. The lowest BCUT2D eigenvalue weighted by Crippen LogP contribution is -2.48. The van der Waals surface area contributed by atoms with Crippen LogP contribution in [0.2, 0.25) is 0 Å². The molecular formula is C14H14FN3O4. The quantitative estimate of drug-likeness (QED) is 0.800. The second kappa shape index (κ2) is 6.95. The summed E-state index contributed by atoms with van der Waals surface area (Å²) in [7, 11) is 0. The van der Waals surface area contributed by atoms with E-state index in [1.807, 2.05) is 0 Å². The van der Waals surface area contributed by atoms with Gasteiger partial charge in [-0.05, 0) is 13.0 Å². The van der Waals surface area contributed by atoms with Crippen LogP contribution in [0.25, 0.3) is 0 Å². The molecule has 22 heavy (non-hydrogen) atoms. The molecule has 1 fully saturated rings. The molecule has 0 atom stereocenters. The van der Waals surface area contributed by atoms with E-state index in [0.717, 1.165) is 6.07 Å². The number of nitriles is 1. The number of ether oxygens (including phenoxy) is 2. The van der Waals surface area contributed by atoms with E-state index in [-0.39, 0.29) is 35.2 Å². The van der Waals surface area contributed by atoms with Crippen molar-refractivity contribution in [3.8, 4) is 11.9 Å². The molecule has 7 nitrogen and oxygen atoms in total. The third-order valence-corrected chi connectivity index (χ3v) is 3.12. The Morgan fingerprint density at radius 1 is 1.55 bits per heavy atom. The van der Waals surface area contributed by atoms with E-state index in [2.05, 4.69) is 10.3 Å². The molecule has 0 saturated carbocycles. The standard InChI is InChI=1S/C14H14FN3O4/c1-2-21-14(20)10-3-8(5-16)12(18-11(10)4-15)22-13(19)9-6-17-7-9/h3,9,17H,2,4,6-7H2,1H3. The van der Waals surface area contributed by atoms with Crippen LogP contribution in [0.5, 0.6) is 5.88 Å². The molecule has 2 heterocycles. The molecule has 0 unspecified atom stereocenters. The second-order valence-corrected chi connectivity index (χ2v) is 4.58. The van der Waals surface area contributed by atoms with Gasteiger partial charge >= 0.3 is 11.9 Å². The van der Waals surface area contributed by atoms with Gasteiger partial charge in [-0.2, -0.15) is 5.26 Å². The zero-order valence-corrected chi connectivity index (χ0v) is 11.9. The minimum absolute atomic E-state index is 0.109. The molecule has 0 aromatic carbocycles. The summed E-state index contributed by atoms with van der Waals surface area (Å²) in [6.07, 6.45) is 0. The lowest BCUT2D eigenvalue weighted by atomic mass is 10.0. The first-order chi connectivity index (χ1) is 10.6. The highest BCUT2D eigenvalue weighted by Crippen LogP contribution is 2.22. The van der Waals surface area contributed by atoms with E-state index in [9.17, 15) is 14.0 Å². The van der Waals surface area contributed by atoms with Gasteiger partial charge in [-0.25, -0.2) is 14.2 Å². The zero-order chi connectivity index (χ0) is 16.1. The van der Waals surface area contributed by atoms with E-state index in [0.29, 0.717) is 13.1 Å². The smallest absolute Gasteiger partial charge is 0.340 e. The molecule has 116 valence electrons. The Labute approximate surface area is 126 Å². The van der Waals surface area contributed by atoms with Crippen molar-refractivity contribution in [3.63, 3.8) is 0 Å². The Bertz CT molecular complexity index is 638. The van der Waals surface area contributed by atoms with Crippen molar-refractivity contribution in [2.45, 2.75) is 13.6 Å². The van der Waals surface area contributed by atoms with Gasteiger partial charge in [0.15, 0.2) is 0 Å². The van der Waals surface area contributed by atoms with Crippen molar-refractivity contribution in [3.05, 3.63) is 22.9 Å². The van der Waals surface area contributed by atoms with Crippen LogP contribution in [0.1, 0.15) is 28.5 Å². The predicted octanol–water partition coefficient (Wildman–Crippen LogP) is 0.724. The molecule has 0 spiro atoms. The number of esters is 2. The van der Waals surface area contributed by atoms with Gasteiger partial charge in [0.25, 0.3) is 0 Å². The first-order valence-electron chi connectivity index (χ1n) is 6.70. The molecule has 1 aliphatic rings. The fourth-order valence-electron chi connectivity index (χ4n) is 1.81. The molecule has 1 aliphatic heterocycles. The molecular weight excluding hydrogens is 293 g/mol. The summed E-state index contributed by atoms with van der Waals surface area (Å²) >= 11 is 0. The third kappa shape index (κ3) is 3.20. The summed E-state index contributed by atoms with van der Waals surface area (Å²) in [5, 5.41) is 12.0. The highest BCUT2D eigenvalue weighted by molar-refractivity contribution is 5.91. The first kappa shape index (κ1) is 15.9. The van der Waals surface area contributed by atoms with E-state index in [1.165, 1.54) is 0 Å². The summed E-state index contributed by atoms with van der Waals surface area (Å²) < 4.78 is 22.9. The number of carbonyl (C=O) groups excluding carboxylic acids is 2. The van der Waals surface area contributed by atoms with Crippen LogP contribution in [-0.2, 0) is 16.2 Å². The lowest BCUT2D eigenvalue weighted by molar-refractivity contribution is -0.140. The van der Waals surface area contributed by atoms with Gasteiger partial charge in [0.2, 0.25) is 5.88 Å². The fraction of sp³-hybridized carbons (Fsp3) is 0.429. The summed E-state index contributed by atoms with van der Waals surface area (Å²) in [6.45, 7) is 1.64. The summed E-state index contributed by atoms with van der Waals surface area (Å²) in [6, 6.07) is 2.91. The number of carbonyl (C=O) groups is 2. The Balaban J connectivity index is 2.32. The van der Waals surface area contributed by atoms with Crippen LogP contribution in [0.3, 0.4) is 0 Å². The minimum Gasteiger partial charge on any atom is -0.462 e. The number of nitrogens with one attached hydrogen (secondary N) is 1. The van der Waals surface area contributed by atoms with Crippen LogP contribution in [0.4, 0.5) is 4.39 Å². The average Bonchev–Trinajstić information content (AvgIpc) is 2.45. The Morgan fingerprint density at radius 2 is 2.27 bits per heavy atom. The molecule has 1 aromatic rings. The van der Waals surface area contributed by atoms with Crippen LogP contribution in [-0.4, -0.2) is 36.6 Å². The molecule has 1 N–H and O–H groups in total. The predicted molar refractivity (Wildman–Crippen MR) is 71.7 cm³/mol. The van der Waals surface area contributed by atoms with Gasteiger partial charge in [-0.15, -0.1) is 0 Å². The maximum absolute atomic E-state index is 13.1. The van der Waals surface area contributed by atoms with Crippen LogP contribution in [0.15, 0.2) is 6.07 Å². The summed E-state index contributed by atoms with van der Waals surface area (Å²) in [4.78, 5) is 27.3. The van der Waals surface area contributed by atoms with Gasteiger partial charge in [0, 0.05) is 13.1 Å². The number of hydrogen-bond acceptors (Lipinski definition) is 7. The van der Waals surface area contributed by atoms with Gasteiger partial charge < -0.3 is 14.8 Å². The molecule has 0 aliphatic carbocycles. The van der Waals surface area contributed by atoms with Gasteiger partial charge in [-0.3, -0.25) is 4.79 Å². The second-order valence-electron chi connectivity index (χ2n) is 4.58. The van der Waals surface area contributed by atoms with Crippen LogP contribution in [0, 0.1) is 17.2 Å². The maximum Gasteiger partial charge on any atom is 0.340 e. The number of hydrogen-bond donors (Lipinski definition) is 1. The van der Waals surface area contributed by atoms with Gasteiger partial charge in [0.05, 0.1) is 23.8 Å². The Hall–Kier alpha value is -2.53. The molecule has 8 heteroatoms. The third-order valence-electron chi connectivity index (χ3n) is 3.12. The van der Waals surface area contributed by atoms with Crippen LogP contribution >= 0.6 is 0 Å². The van der Waals surface area contributed by atoms with Gasteiger partial charge in [-0.1, -0.05) is 0 Å². The molecule has 0 radical (unpaired) electrons. The first-order valence-corrected chi connectivity index (χ1v) is 6.70. The lowest BCUT2D eigenvalue weighted by Gasteiger charge is -2.24. The van der Waals surface area contributed by atoms with Gasteiger partial charge in [0.1, 0.15) is 18.3 Å². The molecule has 2 rings (SSSR count). The molecule has 1 aromatic heterocycles. The normalized spacial score (nSPS) is 13.9. The summed E-state index contributed by atoms with van der Waals surface area (Å²) in [5.74, 6) is -1.93. The molecule has 1 saturated heterocycles. The number of aromatic nitrogens is 1. The number of halogens is 1. The van der Waals surface area contributed by atoms with Crippen molar-refractivity contribution >= 4 is 11.9 Å². The van der Waals surface area contributed by atoms with Crippen molar-refractivity contribution in [2.24, 2.45) is 5.92 Å². The topological polar surface area (TPSA) is 101 Å². The van der Waals surface area contributed by atoms with E-state index in [1.54, 1.807) is 13.0 Å². The monoisotopic (exact) mass is 307 g/mol. The zero-order valence-electron chi connectivity index (χ0n) is 11.9. The Kier molecular flexibility index (Phi) is 5.01. The number of rotatable bonds is 5.